The van der Waals surface area contributed by atoms with Gasteiger partial charge in [0.05, 0.1) is 24.7 Å². The third-order valence-electron chi connectivity index (χ3n) is 4.75. The van der Waals surface area contributed by atoms with Crippen LogP contribution >= 0.6 is 0 Å². The van der Waals surface area contributed by atoms with Gasteiger partial charge in [0.1, 0.15) is 11.6 Å². The van der Waals surface area contributed by atoms with Gasteiger partial charge in [0.15, 0.2) is 5.82 Å². The predicted molar refractivity (Wildman–Crippen MR) is 114 cm³/mol. The predicted octanol–water partition coefficient (Wildman–Crippen LogP) is 4.23. The number of anilines is 1. The first-order valence-corrected chi connectivity index (χ1v) is 9.40. The van der Waals surface area contributed by atoms with Gasteiger partial charge in [-0.15, -0.1) is 0 Å². The van der Waals surface area contributed by atoms with Crippen LogP contribution in [-0.4, -0.2) is 27.8 Å². The third-order valence-corrected chi connectivity index (χ3v) is 4.75. The van der Waals surface area contributed by atoms with Crippen LogP contribution in [0.4, 0.5) is 5.82 Å². The summed E-state index contributed by atoms with van der Waals surface area (Å²) in [6.45, 7) is 3.94. The number of aryl methyl sites for hydroxylation is 2. The van der Waals surface area contributed by atoms with E-state index in [1.165, 1.54) is 0 Å². The lowest BCUT2D eigenvalue weighted by Gasteiger charge is -2.11. The second kappa shape index (κ2) is 7.75. The molecule has 4 rings (SSSR count). The Bertz CT molecular complexity index is 1180. The fourth-order valence-electron chi connectivity index (χ4n) is 3.32. The van der Waals surface area contributed by atoms with Crippen molar-refractivity contribution in [1.82, 2.24) is 14.8 Å². The number of fused-ring (bicyclic) bond motifs is 1. The highest BCUT2D eigenvalue weighted by Crippen LogP contribution is 2.22. The number of ether oxygens (including phenoxy) is 1. The highest BCUT2D eigenvalue weighted by molar-refractivity contribution is 5.92. The Morgan fingerprint density at radius 2 is 1.83 bits per heavy atom. The highest BCUT2D eigenvalue weighted by Gasteiger charge is 2.14. The van der Waals surface area contributed by atoms with E-state index in [9.17, 15) is 4.79 Å². The van der Waals surface area contributed by atoms with Crippen molar-refractivity contribution in [2.24, 2.45) is 0 Å². The number of rotatable bonds is 5. The van der Waals surface area contributed by atoms with E-state index in [0.29, 0.717) is 11.6 Å². The molecular formula is C23H22N4O2. The van der Waals surface area contributed by atoms with Gasteiger partial charge in [-0.2, -0.15) is 9.78 Å². The molecule has 146 valence electrons. The van der Waals surface area contributed by atoms with Crippen LogP contribution in [0.25, 0.3) is 16.7 Å². The van der Waals surface area contributed by atoms with Gasteiger partial charge in [0, 0.05) is 11.5 Å². The Balaban J connectivity index is 1.60. The van der Waals surface area contributed by atoms with E-state index in [1.54, 1.807) is 11.8 Å². The van der Waals surface area contributed by atoms with Crippen molar-refractivity contribution in [3.05, 3.63) is 77.5 Å². The van der Waals surface area contributed by atoms with Crippen LogP contribution in [0.3, 0.4) is 0 Å². The summed E-state index contributed by atoms with van der Waals surface area (Å²) in [5, 5.41) is 8.60. The Kier molecular flexibility index (Phi) is 4.99. The van der Waals surface area contributed by atoms with Gasteiger partial charge in [-0.05, 0) is 49.2 Å². The molecule has 0 saturated heterocycles. The van der Waals surface area contributed by atoms with E-state index in [-0.39, 0.29) is 12.3 Å². The molecule has 0 aliphatic rings. The second-order valence-electron chi connectivity index (χ2n) is 6.97. The van der Waals surface area contributed by atoms with E-state index in [1.807, 2.05) is 74.5 Å². The zero-order valence-corrected chi connectivity index (χ0v) is 16.6. The third kappa shape index (κ3) is 3.96. The fourth-order valence-corrected chi connectivity index (χ4v) is 3.32. The largest absolute Gasteiger partial charge is 0.497 e. The van der Waals surface area contributed by atoms with Crippen molar-refractivity contribution in [3.63, 3.8) is 0 Å². The van der Waals surface area contributed by atoms with Crippen molar-refractivity contribution in [1.29, 1.82) is 0 Å². The van der Waals surface area contributed by atoms with Crippen molar-refractivity contribution >= 4 is 22.6 Å². The number of methoxy groups -OCH3 is 1. The zero-order valence-electron chi connectivity index (χ0n) is 16.6. The molecule has 1 amide bonds. The summed E-state index contributed by atoms with van der Waals surface area (Å²) in [6.07, 6.45) is 0.262. The molecule has 0 aliphatic heterocycles. The molecular weight excluding hydrogens is 364 g/mol. The Morgan fingerprint density at radius 1 is 1.07 bits per heavy atom. The molecule has 0 radical (unpaired) electrons. The number of hydrogen-bond donors (Lipinski definition) is 1. The smallest absolute Gasteiger partial charge is 0.229 e. The zero-order chi connectivity index (χ0) is 20.4. The van der Waals surface area contributed by atoms with E-state index < -0.39 is 0 Å². The minimum absolute atomic E-state index is 0.117. The fraction of sp³-hybridized carbons (Fsp3) is 0.174. The van der Waals surface area contributed by atoms with Gasteiger partial charge in [0.25, 0.3) is 0 Å². The van der Waals surface area contributed by atoms with Crippen molar-refractivity contribution < 1.29 is 9.53 Å². The number of nitrogens with one attached hydrogen (secondary N) is 1. The summed E-state index contributed by atoms with van der Waals surface area (Å²) in [4.78, 5) is 17.3. The molecule has 4 aromatic rings. The van der Waals surface area contributed by atoms with Crippen LogP contribution in [-0.2, 0) is 11.2 Å². The maximum Gasteiger partial charge on any atom is 0.229 e. The number of pyridine rings is 1. The van der Waals surface area contributed by atoms with Crippen LogP contribution in [0.15, 0.2) is 60.7 Å². The van der Waals surface area contributed by atoms with E-state index >= 15 is 0 Å². The van der Waals surface area contributed by atoms with Crippen LogP contribution in [0.1, 0.15) is 16.8 Å². The number of nitrogens with zero attached hydrogens (tertiary/aromatic N) is 3. The molecule has 29 heavy (non-hydrogen) atoms. The number of carbonyl (C=O) groups is 1. The molecule has 6 heteroatoms. The molecule has 2 aromatic heterocycles. The van der Waals surface area contributed by atoms with Crippen LogP contribution < -0.4 is 10.1 Å². The number of benzene rings is 2. The quantitative estimate of drug-likeness (QED) is 0.557. The normalized spacial score (nSPS) is 10.9. The maximum atomic E-state index is 12.6. The van der Waals surface area contributed by atoms with Gasteiger partial charge in [-0.25, -0.2) is 4.98 Å². The lowest BCUT2D eigenvalue weighted by Crippen LogP contribution is -2.17. The topological polar surface area (TPSA) is 69.0 Å². The number of para-hydroxylation sites is 1. The second-order valence-corrected chi connectivity index (χ2v) is 6.97. The summed E-state index contributed by atoms with van der Waals surface area (Å²) in [5.74, 6) is 1.92. The first kappa shape index (κ1) is 18.7. The molecule has 0 fully saturated rings. The van der Waals surface area contributed by atoms with Crippen molar-refractivity contribution in [3.8, 4) is 11.6 Å². The van der Waals surface area contributed by atoms with E-state index in [4.69, 9.17) is 9.72 Å². The van der Waals surface area contributed by atoms with Crippen molar-refractivity contribution in [2.45, 2.75) is 20.3 Å². The SMILES string of the molecule is COc1ccc(CC(=O)Nc2cc(C)nn2-c2cc(C)c3ccccc3n2)cc1. The lowest BCUT2D eigenvalue weighted by molar-refractivity contribution is -0.115. The molecule has 0 bridgehead atoms. The average molecular weight is 386 g/mol. The number of carbonyl (C=O) groups excluding carboxylic acids is 1. The highest BCUT2D eigenvalue weighted by atomic mass is 16.5. The van der Waals surface area contributed by atoms with E-state index in [2.05, 4.69) is 10.4 Å². The minimum Gasteiger partial charge on any atom is -0.497 e. The van der Waals surface area contributed by atoms with Crippen LogP contribution in [0.5, 0.6) is 5.75 Å². The van der Waals surface area contributed by atoms with Crippen LogP contribution in [0.2, 0.25) is 0 Å². The number of hydrogen-bond acceptors (Lipinski definition) is 4. The molecule has 0 saturated carbocycles. The first-order valence-electron chi connectivity index (χ1n) is 9.40. The first-order chi connectivity index (χ1) is 14.0. The molecule has 2 heterocycles. The number of amides is 1. The number of aromatic nitrogens is 3. The average Bonchev–Trinajstić information content (AvgIpc) is 3.08. The molecule has 0 unspecified atom stereocenters. The Morgan fingerprint density at radius 3 is 2.59 bits per heavy atom. The molecule has 0 aliphatic carbocycles. The summed E-state index contributed by atoms with van der Waals surface area (Å²) in [5.41, 5.74) is 3.71. The monoisotopic (exact) mass is 386 g/mol. The minimum atomic E-state index is -0.117. The summed E-state index contributed by atoms with van der Waals surface area (Å²) in [7, 11) is 1.62. The molecule has 6 nitrogen and oxygen atoms in total. The van der Waals surface area contributed by atoms with Gasteiger partial charge in [0.2, 0.25) is 5.91 Å². The molecule has 0 spiro atoms. The molecule has 1 N–H and O–H groups in total. The Labute approximate surface area is 169 Å². The van der Waals surface area contributed by atoms with Crippen LogP contribution in [0, 0.1) is 13.8 Å². The lowest BCUT2D eigenvalue weighted by atomic mass is 10.1. The van der Waals surface area contributed by atoms with E-state index in [0.717, 1.165) is 33.5 Å². The van der Waals surface area contributed by atoms with Gasteiger partial charge in [-0.1, -0.05) is 30.3 Å². The summed E-state index contributed by atoms with van der Waals surface area (Å²) in [6, 6.07) is 19.3. The summed E-state index contributed by atoms with van der Waals surface area (Å²) < 4.78 is 6.84. The standard InChI is InChI=1S/C23H22N4O2/c1-15-12-21(24-20-7-5-4-6-19(15)20)27-22(13-16(2)26-27)25-23(28)14-17-8-10-18(29-3)11-9-17/h4-13H,14H2,1-3H3,(H,25,28). The molecule has 2 aromatic carbocycles. The van der Waals surface area contributed by atoms with Gasteiger partial charge >= 0.3 is 0 Å². The summed E-state index contributed by atoms with van der Waals surface area (Å²) >= 11 is 0. The van der Waals surface area contributed by atoms with Crippen molar-refractivity contribution in [2.75, 3.05) is 12.4 Å². The van der Waals surface area contributed by atoms with Gasteiger partial charge in [-0.3, -0.25) is 4.79 Å². The maximum absolute atomic E-state index is 12.6. The Hall–Kier alpha value is -3.67. The molecule has 0 atom stereocenters. The van der Waals surface area contributed by atoms with Gasteiger partial charge < -0.3 is 10.1 Å².